The van der Waals surface area contributed by atoms with E-state index in [1.807, 2.05) is 24.3 Å². The zero-order valence-electron chi connectivity index (χ0n) is 16.6. The summed E-state index contributed by atoms with van der Waals surface area (Å²) < 4.78 is 27.5. The van der Waals surface area contributed by atoms with Crippen LogP contribution >= 0.6 is 23.2 Å². The van der Waals surface area contributed by atoms with Crippen LogP contribution in [0.15, 0.2) is 53.4 Å². The van der Waals surface area contributed by atoms with Gasteiger partial charge >= 0.3 is 0 Å². The second-order valence-corrected chi connectivity index (χ2v) is 10.3. The van der Waals surface area contributed by atoms with Crippen molar-refractivity contribution in [2.75, 3.05) is 13.1 Å². The van der Waals surface area contributed by atoms with Crippen LogP contribution in [0.5, 0.6) is 0 Å². The molecule has 0 radical (unpaired) electrons. The maximum absolute atomic E-state index is 12.4. The third-order valence-electron chi connectivity index (χ3n) is 5.53. The van der Waals surface area contributed by atoms with E-state index in [-0.39, 0.29) is 22.6 Å². The maximum atomic E-state index is 12.4. The molecule has 1 saturated carbocycles. The van der Waals surface area contributed by atoms with Crippen molar-refractivity contribution in [2.45, 2.75) is 37.0 Å². The summed E-state index contributed by atoms with van der Waals surface area (Å²) in [5, 5.41) is 4.22. The number of rotatable bonds is 8. The first-order valence-electron chi connectivity index (χ1n) is 10.1. The number of nitrogens with one attached hydrogen (secondary N) is 2. The second kappa shape index (κ2) is 10.6. The summed E-state index contributed by atoms with van der Waals surface area (Å²) in [6.07, 6.45) is 3.99. The zero-order valence-corrected chi connectivity index (χ0v) is 18.9. The van der Waals surface area contributed by atoms with E-state index < -0.39 is 10.0 Å². The highest BCUT2D eigenvalue weighted by Crippen LogP contribution is 2.29. The Labute approximate surface area is 188 Å². The van der Waals surface area contributed by atoms with Gasteiger partial charge in [0.05, 0.1) is 4.90 Å². The molecule has 0 heterocycles. The molecule has 0 spiro atoms. The molecule has 1 fully saturated rings. The Morgan fingerprint density at radius 1 is 0.900 bits per heavy atom. The minimum absolute atomic E-state index is 0.000611. The van der Waals surface area contributed by atoms with Crippen LogP contribution in [0.3, 0.4) is 0 Å². The van der Waals surface area contributed by atoms with Crippen LogP contribution in [0.1, 0.15) is 31.2 Å². The average Bonchev–Trinajstić information content (AvgIpc) is 2.74. The lowest BCUT2D eigenvalue weighted by Crippen LogP contribution is -2.36. The zero-order chi connectivity index (χ0) is 21.6. The number of carbonyl (C=O) groups is 1. The monoisotopic (exact) mass is 468 g/mol. The van der Waals surface area contributed by atoms with E-state index in [2.05, 4.69) is 10.0 Å². The molecule has 0 unspecified atom stereocenters. The lowest BCUT2D eigenvalue weighted by molar-refractivity contribution is -0.126. The number of sulfonamides is 1. The molecule has 2 aromatic carbocycles. The van der Waals surface area contributed by atoms with Crippen LogP contribution in [0, 0.1) is 11.8 Å². The standard InChI is InChI=1S/C22H26Cl2N2O3S/c23-19-7-3-16(4-8-19)13-14-25-22(27)18-5-1-17(2-6-18)15-26-30(28,29)21-11-9-20(24)10-12-21/h3-4,7-12,17-18,26H,1-2,5-6,13-15H2,(H,25,27). The third kappa shape index (κ3) is 6.71. The van der Waals surface area contributed by atoms with E-state index >= 15 is 0 Å². The summed E-state index contributed by atoms with van der Waals surface area (Å²) in [5.74, 6) is 0.327. The Hall–Kier alpha value is -1.60. The first-order valence-corrected chi connectivity index (χ1v) is 12.3. The van der Waals surface area contributed by atoms with E-state index in [0.29, 0.717) is 23.1 Å². The first-order chi connectivity index (χ1) is 14.3. The lowest BCUT2D eigenvalue weighted by Gasteiger charge is -2.28. The molecule has 8 heteroatoms. The fraction of sp³-hybridized carbons (Fsp3) is 0.409. The van der Waals surface area contributed by atoms with Crippen LogP contribution in [0.2, 0.25) is 10.0 Å². The molecule has 0 aromatic heterocycles. The largest absolute Gasteiger partial charge is 0.356 e. The summed E-state index contributed by atoms with van der Waals surface area (Å²) in [7, 11) is -3.54. The quantitative estimate of drug-likeness (QED) is 0.601. The minimum Gasteiger partial charge on any atom is -0.356 e. The van der Waals surface area contributed by atoms with Gasteiger partial charge in [-0.2, -0.15) is 0 Å². The smallest absolute Gasteiger partial charge is 0.240 e. The van der Waals surface area contributed by atoms with Gasteiger partial charge in [0.15, 0.2) is 0 Å². The van der Waals surface area contributed by atoms with Crippen LogP contribution in [0.4, 0.5) is 0 Å². The topological polar surface area (TPSA) is 75.3 Å². The van der Waals surface area contributed by atoms with Crippen molar-refractivity contribution in [3.63, 3.8) is 0 Å². The molecule has 2 aromatic rings. The van der Waals surface area contributed by atoms with Gasteiger partial charge in [0.1, 0.15) is 0 Å². The highest BCUT2D eigenvalue weighted by molar-refractivity contribution is 7.89. The molecule has 3 rings (SSSR count). The van der Waals surface area contributed by atoms with Crippen LogP contribution in [0.25, 0.3) is 0 Å². The molecule has 0 saturated heterocycles. The van der Waals surface area contributed by atoms with E-state index in [1.165, 1.54) is 12.1 Å². The van der Waals surface area contributed by atoms with Crippen molar-refractivity contribution in [2.24, 2.45) is 11.8 Å². The Balaban J connectivity index is 1.38. The van der Waals surface area contributed by atoms with E-state index in [1.54, 1.807) is 12.1 Å². The Bertz CT molecular complexity index is 939. The molecule has 0 atom stereocenters. The number of hydrogen-bond acceptors (Lipinski definition) is 3. The molecule has 5 nitrogen and oxygen atoms in total. The minimum atomic E-state index is -3.54. The van der Waals surface area contributed by atoms with Gasteiger partial charge in [-0.15, -0.1) is 0 Å². The molecular weight excluding hydrogens is 443 g/mol. The summed E-state index contributed by atoms with van der Waals surface area (Å²) in [6.45, 7) is 0.983. The summed E-state index contributed by atoms with van der Waals surface area (Å²) in [4.78, 5) is 12.6. The predicted octanol–water partition coefficient (Wildman–Crippen LogP) is 4.44. The average molecular weight is 469 g/mol. The van der Waals surface area contributed by atoms with Crippen molar-refractivity contribution in [3.8, 4) is 0 Å². The predicted molar refractivity (Wildman–Crippen MR) is 120 cm³/mol. The Morgan fingerprint density at radius 3 is 2.07 bits per heavy atom. The second-order valence-electron chi connectivity index (χ2n) is 7.69. The van der Waals surface area contributed by atoms with E-state index in [0.717, 1.165) is 37.7 Å². The van der Waals surface area contributed by atoms with Gasteiger partial charge < -0.3 is 5.32 Å². The van der Waals surface area contributed by atoms with Crippen molar-refractivity contribution in [1.29, 1.82) is 0 Å². The summed E-state index contributed by atoms with van der Waals surface area (Å²) >= 11 is 11.7. The van der Waals surface area contributed by atoms with Gasteiger partial charge in [0.25, 0.3) is 0 Å². The highest BCUT2D eigenvalue weighted by atomic mass is 35.5. The van der Waals surface area contributed by atoms with E-state index in [9.17, 15) is 13.2 Å². The van der Waals surface area contributed by atoms with Crippen molar-refractivity contribution in [3.05, 3.63) is 64.1 Å². The van der Waals surface area contributed by atoms with Crippen LogP contribution < -0.4 is 10.0 Å². The maximum Gasteiger partial charge on any atom is 0.240 e. The highest BCUT2D eigenvalue weighted by Gasteiger charge is 2.27. The van der Waals surface area contributed by atoms with Crippen LogP contribution in [-0.2, 0) is 21.2 Å². The summed E-state index contributed by atoms with van der Waals surface area (Å²) in [5.41, 5.74) is 1.14. The van der Waals surface area contributed by atoms with Gasteiger partial charge in [0, 0.05) is 29.1 Å². The fourth-order valence-electron chi connectivity index (χ4n) is 3.68. The Morgan fingerprint density at radius 2 is 1.47 bits per heavy atom. The SMILES string of the molecule is O=C(NCCc1ccc(Cl)cc1)C1CCC(CNS(=O)(=O)c2ccc(Cl)cc2)CC1. The molecule has 0 bridgehead atoms. The molecular formula is C22H26Cl2N2O3S. The molecule has 30 heavy (non-hydrogen) atoms. The lowest BCUT2D eigenvalue weighted by atomic mass is 9.81. The van der Waals surface area contributed by atoms with Gasteiger partial charge in [-0.1, -0.05) is 35.3 Å². The van der Waals surface area contributed by atoms with Crippen molar-refractivity contribution >= 4 is 39.1 Å². The fourth-order valence-corrected chi connectivity index (χ4v) is 5.05. The van der Waals surface area contributed by atoms with Gasteiger partial charge in [0.2, 0.25) is 15.9 Å². The molecule has 0 aliphatic heterocycles. The summed E-state index contributed by atoms with van der Waals surface area (Å²) in [6, 6.07) is 13.7. The van der Waals surface area contributed by atoms with Crippen molar-refractivity contribution < 1.29 is 13.2 Å². The number of benzene rings is 2. The number of halogens is 2. The molecule has 1 aliphatic rings. The van der Waals surface area contributed by atoms with Gasteiger partial charge in [-0.25, -0.2) is 13.1 Å². The molecule has 2 N–H and O–H groups in total. The third-order valence-corrected chi connectivity index (χ3v) is 7.47. The number of carbonyl (C=O) groups excluding carboxylic acids is 1. The number of amides is 1. The Kier molecular flexibility index (Phi) is 8.17. The first kappa shape index (κ1) is 23.1. The molecule has 1 aliphatic carbocycles. The van der Waals surface area contributed by atoms with Gasteiger partial charge in [-0.05, 0) is 80.0 Å². The van der Waals surface area contributed by atoms with Gasteiger partial charge in [-0.3, -0.25) is 4.79 Å². The molecule has 162 valence electrons. The normalized spacial score (nSPS) is 19.4. The van der Waals surface area contributed by atoms with E-state index in [4.69, 9.17) is 23.2 Å². The number of hydrogen-bond donors (Lipinski definition) is 2. The van der Waals surface area contributed by atoms with Crippen molar-refractivity contribution in [1.82, 2.24) is 10.0 Å². The van der Waals surface area contributed by atoms with Crippen LogP contribution in [-0.4, -0.2) is 27.4 Å². The molecule has 1 amide bonds.